The predicted octanol–water partition coefficient (Wildman–Crippen LogP) is 4.66. The minimum Gasteiger partial charge on any atom is -0.493 e. The van der Waals surface area contributed by atoms with Gasteiger partial charge in [0.2, 0.25) is 0 Å². The summed E-state index contributed by atoms with van der Waals surface area (Å²) in [4.78, 5) is 18.6. The molecule has 0 N–H and O–H groups in total. The number of nitrogens with zero attached hydrogens (tertiary/aromatic N) is 2. The molecule has 2 aromatic carbocycles. The van der Waals surface area contributed by atoms with E-state index in [9.17, 15) is 4.79 Å². The number of carbonyl (C=O) groups excluding carboxylic acids is 1. The Morgan fingerprint density at radius 2 is 2.04 bits per heavy atom. The van der Waals surface area contributed by atoms with Gasteiger partial charge in [-0.25, -0.2) is 4.98 Å². The van der Waals surface area contributed by atoms with E-state index >= 15 is 0 Å². The van der Waals surface area contributed by atoms with Crippen molar-refractivity contribution >= 4 is 28.8 Å². The number of hydrogen-bond donors (Lipinski definition) is 0. The van der Waals surface area contributed by atoms with Crippen molar-refractivity contribution in [3.8, 4) is 11.5 Å². The third kappa shape index (κ3) is 4.78. The van der Waals surface area contributed by atoms with Crippen LogP contribution < -0.4 is 9.47 Å². The van der Waals surface area contributed by atoms with E-state index in [2.05, 4.69) is 4.98 Å². The van der Waals surface area contributed by atoms with Gasteiger partial charge in [-0.05, 0) is 29.8 Å². The average molecular weight is 403 g/mol. The van der Waals surface area contributed by atoms with Crippen LogP contribution in [-0.4, -0.2) is 29.9 Å². The minimum absolute atomic E-state index is 0.126. The summed E-state index contributed by atoms with van der Waals surface area (Å²) >= 11 is 7.70. The van der Waals surface area contributed by atoms with Crippen LogP contribution >= 0.6 is 22.9 Å². The Hall–Kier alpha value is -2.57. The van der Waals surface area contributed by atoms with Crippen molar-refractivity contribution in [3.05, 3.63) is 75.2 Å². The maximum atomic E-state index is 12.8. The highest BCUT2D eigenvalue weighted by atomic mass is 35.5. The standard InChI is InChI=1S/C20H19ClN2O3S/c1-23(10-15-5-3-4-6-17(15)21)20(24)14-7-8-18(19(9-14)25-2)26-11-16-12-27-13-22-16/h3-9,12-13H,10-11H2,1-2H3. The van der Waals surface area contributed by atoms with Crippen molar-refractivity contribution in [1.29, 1.82) is 0 Å². The van der Waals surface area contributed by atoms with Crippen LogP contribution in [0.25, 0.3) is 0 Å². The normalized spacial score (nSPS) is 10.5. The molecule has 0 fully saturated rings. The quantitative estimate of drug-likeness (QED) is 0.577. The van der Waals surface area contributed by atoms with Crippen molar-refractivity contribution in [2.45, 2.75) is 13.2 Å². The monoisotopic (exact) mass is 402 g/mol. The van der Waals surface area contributed by atoms with Crippen LogP contribution in [0.3, 0.4) is 0 Å². The molecule has 0 bridgehead atoms. The van der Waals surface area contributed by atoms with Gasteiger partial charge in [0.05, 0.1) is 18.3 Å². The molecule has 0 saturated carbocycles. The first kappa shape index (κ1) is 19.2. The molecule has 3 rings (SSSR count). The summed E-state index contributed by atoms with van der Waals surface area (Å²) in [5.74, 6) is 0.942. The van der Waals surface area contributed by atoms with Gasteiger partial charge in [-0.2, -0.15) is 0 Å². The fourth-order valence-corrected chi connectivity index (χ4v) is 3.29. The fourth-order valence-electron chi connectivity index (χ4n) is 2.55. The van der Waals surface area contributed by atoms with Gasteiger partial charge in [0.1, 0.15) is 6.61 Å². The number of halogens is 1. The number of benzene rings is 2. The molecule has 0 spiro atoms. The van der Waals surface area contributed by atoms with E-state index in [1.54, 1.807) is 42.8 Å². The maximum Gasteiger partial charge on any atom is 0.254 e. The van der Waals surface area contributed by atoms with Gasteiger partial charge in [-0.1, -0.05) is 29.8 Å². The number of rotatable bonds is 7. The zero-order valence-electron chi connectivity index (χ0n) is 15.0. The number of aromatic nitrogens is 1. The second-order valence-electron chi connectivity index (χ2n) is 5.89. The second kappa shape index (κ2) is 8.88. The molecule has 27 heavy (non-hydrogen) atoms. The lowest BCUT2D eigenvalue weighted by molar-refractivity contribution is 0.0784. The largest absolute Gasteiger partial charge is 0.493 e. The molecular weight excluding hydrogens is 384 g/mol. The van der Waals surface area contributed by atoms with E-state index in [1.165, 1.54) is 11.3 Å². The first-order valence-electron chi connectivity index (χ1n) is 8.25. The van der Waals surface area contributed by atoms with Crippen LogP contribution in [0.15, 0.2) is 53.4 Å². The summed E-state index contributed by atoms with van der Waals surface area (Å²) in [6, 6.07) is 12.6. The smallest absolute Gasteiger partial charge is 0.254 e. The summed E-state index contributed by atoms with van der Waals surface area (Å²) in [6.07, 6.45) is 0. The van der Waals surface area contributed by atoms with Crippen LogP contribution in [-0.2, 0) is 13.2 Å². The topological polar surface area (TPSA) is 51.7 Å². The van der Waals surface area contributed by atoms with Crippen molar-refractivity contribution in [3.63, 3.8) is 0 Å². The Morgan fingerprint density at radius 3 is 2.74 bits per heavy atom. The third-order valence-corrected chi connectivity index (χ3v) is 4.99. The summed E-state index contributed by atoms with van der Waals surface area (Å²) in [5, 5.41) is 2.56. The molecule has 5 nitrogen and oxygen atoms in total. The minimum atomic E-state index is -0.126. The highest BCUT2D eigenvalue weighted by molar-refractivity contribution is 7.07. The van der Waals surface area contributed by atoms with E-state index in [0.717, 1.165) is 11.3 Å². The fraction of sp³-hybridized carbons (Fsp3) is 0.200. The van der Waals surface area contributed by atoms with Crippen LogP contribution in [0.1, 0.15) is 21.6 Å². The van der Waals surface area contributed by atoms with Crippen molar-refractivity contribution in [2.24, 2.45) is 0 Å². The number of ether oxygens (including phenoxy) is 2. The van der Waals surface area contributed by atoms with Gasteiger partial charge in [0.25, 0.3) is 5.91 Å². The Labute approximate surface area is 167 Å². The molecule has 3 aromatic rings. The molecule has 0 saturated heterocycles. The second-order valence-corrected chi connectivity index (χ2v) is 7.01. The van der Waals surface area contributed by atoms with Crippen LogP contribution in [0, 0.1) is 0 Å². The van der Waals surface area contributed by atoms with E-state index < -0.39 is 0 Å². The van der Waals surface area contributed by atoms with Crippen molar-refractivity contribution in [2.75, 3.05) is 14.2 Å². The first-order chi connectivity index (χ1) is 13.1. The zero-order chi connectivity index (χ0) is 19.2. The third-order valence-electron chi connectivity index (χ3n) is 3.98. The molecule has 7 heteroatoms. The van der Waals surface area contributed by atoms with E-state index in [4.69, 9.17) is 21.1 Å². The van der Waals surface area contributed by atoms with Gasteiger partial charge in [0, 0.05) is 29.6 Å². The number of amides is 1. The van der Waals surface area contributed by atoms with E-state index in [1.807, 2.05) is 29.6 Å². The van der Waals surface area contributed by atoms with E-state index in [0.29, 0.717) is 35.2 Å². The zero-order valence-corrected chi connectivity index (χ0v) is 16.6. The van der Waals surface area contributed by atoms with Gasteiger partial charge < -0.3 is 14.4 Å². The molecule has 0 unspecified atom stereocenters. The summed E-state index contributed by atoms with van der Waals surface area (Å²) < 4.78 is 11.1. The molecule has 0 aliphatic rings. The Kier molecular flexibility index (Phi) is 6.32. The first-order valence-corrected chi connectivity index (χ1v) is 9.57. The molecule has 0 atom stereocenters. The lowest BCUT2D eigenvalue weighted by atomic mass is 10.1. The Balaban J connectivity index is 1.71. The number of carbonyl (C=O) groups is 1. The molecule has 0 aliphatic carbocycles. The Morgan fingerprint density at radius 1 is 1.22 bits per heavy atom. The maximum absolute atomic E-state index is 12.8. The number of methoxy groups -OCH3 is 1. The highest BCUT2D eigenvalue weighted by Gasteiger charge is 2.16. The number of hydrogen-bond acceptors (Lipinski definition) is 5. The SMILES string of the molecule is COc1cc(C(=O)N(C)Cc2ccccc2Cl)ccc1OCc1cscn1. The van der Waals surface area contributed by atoms with Gasteiger partial charge >= 0.3 is 0 Å². The van der Waals surface area contributed by atoms with Crippen LogP contribution in [0.2, 0.25) is 5.02 Å². The molecular formula is C20H19ClN2O3S. The molecule has 1 aromatic heterocycles. The molecule has 0 radical (unpaired) electrons. The van der Waals surface area contributed by atoms with Crippen LogP contribution in [0.5, 0.6) is 11.5 Å². The van der Waals surface area contributed by atoms with Gasteiger partial charge in [0.15, 0.2) is 11.5 Å². The van der Waals surface area contributed by atoms with Crippen molar-refractivity contribution < 1.29 is 14.3 Å². The summed E-state index contributed by atoms with van der Waals surface area (Å²) in [6.45, 7) is 0.766. The Bertz CT molecular complexity index is 915. The van der Waals surface area contributed by atoms with Gasteiger partial charge in [-0.3, -0.25) is 4.79 Å². The highest BCUT2D eigenvalue weighted by Crippen LogP contribution is 2.29. The lowest BCUT2D eigenvalue weighted by Crippen LogP contribution is -2.26. The molecule has 140 valence electrons. The summed E-state index contributed by atoms with van der Waals surface area (Å²) in [7, 11) is 3.29. The van der Waals surface area contributed by atoms with Crippen molar-refractivity contribution in [1.82, 2.24) is 9.88 Å². The number of thiazole rings is 1. The predicted molar refractivity (Wildman–Crippen MR) is 107 cm³/mol. The van der Waals surface area contributed by atoms with Gasteiger partial charge in [-0.15, -0.1) is 11.3 Å². The van der Waals surface area contributed by atoms with E-state index in [-0.39, 0.29) is 5.91 Å². The van der Waals surface area contributed by atoms with Crippen LogP contribution in [0.4, 0.5) is 0 Å². The molecule has 0 aliphatic heterocycles. The summed E-state index contributed by atoms with van der Waals surface area (Å²) in [5.41, 5.74) is 4.02. The average Bonchev–Trinajstić information content (AvgIpc) is 3.21. The molecule has 1 amide bonds. The molecule has 1 heterocycles. The lowest BCUT2D eigenvalue weighted by Gasteiger charge is -2.19.